The molecule has 0 amide bonds. The number of rotatable bonds is 4. The maximum Gasteiger partial charge on any atom is 0.128 e. The molecule has 0 spiro atoms. The highest BCUT2D eigenvalue weighted by Crippen LogP contribution is 2.37. The fourth-order valence-electron chi connectivity index (χ4n) is 1.42. The predicted molar refractivity (Wildman–Crippen MR) is 56.3 cm³/mol. The minimum absolute atomic E-state index is 0.0981. The van der Waals surface area contributed by atoms with Crippen molar-refractivity contribution in [1.29, 1.82) is 0 Å². The first-order valence-electron chi connectivity index (χ1n) is 4.73. The highest BCUT2D eigenvalue weighted by Gasteiger charge is 2.24. The summed E-state index contributed by atoms with van der Waals surface area (Å²) in [4.78, 5) is 0. The van der Waals surface area contributed by atoms with Crippen molar-refractivity contribution >= 4 is 0 Å². The lowest BCUT2D eigenvalue weighted by Gasteiger charge is -2.19. The third kappa shape index (κ3) is 2.54. The summed E-state index contributed by atoms with van der Waals surface area (Å²) >= 11 is 0. The Morgan fingerprint density at radius 2 is 1.62 bits per heavy atom. The summed E-state index contributed by atoms with van der Waals surface area (Å²) in [6.45, 7) is 0.0981. The molecule has 0 saturated heterocycles. The average molecular weight is 229 g/mol. The lowest BCUT2D eigenvalue weighted by molar-refractivity contribution is 0.0175. The van der Waals surface area contributed by atoms with Crippen molar-refractivity contribution in [2.75, 3.05) is 13.6 Å². The molecule has 0 aromatic heterocycles. The normalized spacial score (nSPS) is 14.7. The summed E-state index contributed by atoms with van der Waals surface area (Å²) in [5.41, 5.74) is -0.208. The van der Waals surface area contributed by atoms with Gasteiger partial charge in [0.2, 0.25) is 0 Å². The van der Waals surface area contributed by atoms with Gasteiger partial charge in [-0.3, -0.25) is 0 Å². The van der Waals surface area contributed by atoms with Crippen LogP contribution < -0.4 is 5.32 Å². The van der Waals surface area contributed by atoms with E-state index in [0.717, 1.165) is 12.1 Å². The van der Waals surface area contributed by atoms with E-state index in [1.807, 2.05) is 0 Å². The van der Waals surface area contributed by atoms with E-state index in [-0.39, 0.29) is 17.9 Å². The topological polar surface area (TPSA) is 113 Å². The molecule has 1 aromatic carbocycles. The minimum atomic E-state index is -1.44. The van der Waals surface area contributed by atoms with E-state index in [4.69, 9.17) is 5.11 Å². The van der Waals surface area contributed by atoms with Crippen LogP contribution in [0.2, 0.25) is 0 Å². The zero-order valence-corrected chi connectivity index (χ0v) is 8.75. The molecule has 2 unspecified atom stereocenters. The molecule has 0 heterocycles. The molecule has 0 radical (unpaired) electrons. The maximum absolute atomic E-state index is 9.68. The van der Waals surface area contributed by atoms with Crippen molar-refractivity contribution in [2.45, 2.75) is 12.2 Å². The van der Waals surface area contributed by atoms with Crippen LogP contribution in [0.25, 0.3) is 0 Å². The Labute approximate surface area is 92.4 Å². The third-order valence-corrected chi connectivity index (χ3v) is 2.19. The molecule has 90 valence electrons. The van der Waals surface area contributed by atoms with E-state index in [0.29, 0.717) is 0 Å². The summed E-state index contributed by atoms with van der Waals surface area (Å²) in [6, 6.07) is 1.95. The SMILES string of the molecule is CNCC(O)C(O)c1c(O)cc(O)cc1O. The number of hydrogen-bond donors (Lipinski definition) is 6. The molecule has 6 heteroatoms. The highest BCUT2D eigenvalue weighted by atomic mass is 16.3. The molecule has 0 aliphatic carbocycles. The molecule has 0 saturated carbocycles. The van der Waals surface area contributed by atoms with Crippen molar-refractivity contribution in [3.05, 3.63) is 17.7 Å². The van der Waals surface area contributed by atoms with Gasteiger partial charge < -0.3 is 30.8 Å². The number of nitrogens with one attached hydrogen (secondary N) is 1. The Bertz CT molecular complexity index is 345. The zero-order chi connectivity index (χ0) is 12.3. The van der Waals surface area contributed by atoms with Crippen LogP contribution in [-0.4, -0.2) is 45.2 Å². The van der Waals surface area contributed by atoms with Crippen molar-refractivity contribution in [3.63, 3.8) is 0 Å². The third-order valence-electron chi connectivity index (χ3n) is 2.19. The van der Waals surface area contributed by atoms with Crippen LogP contribution in [0.3, 0.4) is 0 Å². The summed E-state index contributed by atoms with van der Waals surface area (Å²) in [5, 5.41) is 49.8. The molecule has 16 heavy (non-hydrogen) atoms. The van der Waals surface area contributed by atoms with Crippen LogP contribution in [-0.2, 0) is 0 Å². The second kappa shape index (κ2) is 5.02. The van der Waals surface area contributed by atoms with E-state index >= 15 is 0 Å². The largest absolute Gasteiger partial charge is 0.508 e. The van der Waals surface area contributed by atoms with Gasteiger partial charge in [-0.15, -0.1) is 0 Å². The maximum atomic E-state index is 9.68. The van der Waals surface area contributed by atoms with Crippen LogP contribution in [0.15, 0.2) is 12.1 Å². The second-order valence-corrected chi connectivity index (χ2v) is 3.47. The highest BCUT2D eigenvalue weighted by molar-refractivity contribution is 5.50. The molecule has 0 aliphatic rings. The Morgan fingerprint density at radius 3 is 2.06 bits per heavy atom. The van der Waals surface area contributed by atoms with Crippen LogP contribution in [0.5, 0.6) is 17.2 Å². The molecule has 6 nitrogen and oxygen atoms in total. The molecule has 0 fully saturated rings. The standard InChI is InChI=1S/C10H15NO5/c1-11-4-8(15)10(16)9-6(13)2-5(12)3-7(9)14/h2-3,8,10-16H,4H2,1H3. The fraction of sp³-hybridized carbons (Fsp3) is 0.400. The van der Waals surface area contributed by atoms with Crippen LogP contribution in [0.1, 0.15) is 11.7 Å². The smallest absolute Gasteiger partial charge is 0.128 e. The fourth-order valence-corrected chi connectivity index (χ4v) is 1.42. The number of phenolic OH excluding ortho intramolecular Hbond substituents is 3. The van der Waals surface area contributed by atoms with E-state index in [2.05, 4.69) is 5.32 Å². The number of aliphatic hydroxyl groups excluding tert-OH is 2. The van der Waals surface area contributed by atoms with Gasteiger partial charge in [-0.2, -0.15) is 0 Å². The Balaban J connectivity index is 3.03. The number of aliphatic hydroxyl groups is 2. The summed E-state index contributed by atoms with van der Waals surface area (Å²) in [6.07, 6.45) is -2.61. The van der Waals surface area contributed by atoms with Crippen molar-refractivity contribution < 1.29 is 25.5 Å². The summed E-state index contributed by atoms with van der Waals surface area (Å²) in [7, 11) is 1.59. The quantitative estimate of drug-likeness (QED) is 0.411. The molecule has 0 aliphatic heterocycles. The summed E-state index contributed by atoms with van der Waals surface area (Å²) < 4.78 is 0. The number of likely N-dealkylation sites (N-methyl/N-ethyl adjacent to an activating group) is 1. The Kier molecular flexibility index (Phi) is 3.94. The Morgan fingerprint density at radius 1 is 1.12 bits per heavy atom. The van der Waals surface area contributed by atoms with E-state index < -0.39 is 23.7 Å². The van der Waals surface area contributed by atoms with Crippen molar-refractivity contribution in [2.24, 2.45) is 0 Å². The van der Waals surface area contributed by atoms with Gasteiger partial charge in [0.05, 0.1) is 11.7 Å². The predicted octanol–water partition coefficient (Wildman–Crippen LogP) is -0.583. The average Bonchev–Trinajstić information content (AvgIpc) is 2.16. The monoisotopic (exact) mass is 229 g/mol. The van der Waals surface area contributed by atoms with Gasteiger partial charge >= 0.3 is 0 Å². The second-order valence-electron chi connectivity index (χ2n) is 3.47. The lowest BCUT2D eigenvalue weighted by atomic mass is 10.0. The molecular weight excluding hydrogens is 214 g/mol. The van der Waals surface area contributed by atoms with E-state index in [1.165, 1.54) is 0 Å². The van der Waals surface area contributed by atoms with Gasteiger partial charge in [0.15, 0.2) is 0 Å². The first-order valence-corrected chi connectivity index (χ1v) is 4.73. The molecule has 1 aromatic rings. The van der Waals surface area contributed by atoms with Crippen LogP contribution >= 0.6 is 0 Å². The van der Waals surface area contributed by atoms with Crippen molar-refractivity contribution in [3.8, 4) is 17.2 Å². The van der Waals surface area contributed by atoms with Gasteiger partial charge in [-0.1, -0.05) is 0 Å². The number of hydrogen-bond acceptors (Lipinski definition) is 6. The van der Waals surface area contributed by atoms with E-state index in [9.17, 15) is 20.4 Å². The van der Waals surface area contributed by atoms with Gasteiger partial charge in [-0.05, 0) is 7.05 Å². The van der Waals surface area contributed by atoms with Gasteiger partial charge in [0.25, 0.3) is 0 Å². The van der Waals surface area contributed by atoms with Gasteiger partial charge in [-0.25, -0.2) is 0 Å². The first kappa shape index (κ1) is 12.6. The summed E-state index contributed by atoms with van der Waals surface area (Å²) in [5.74, 6) is -1.27. The number of aromatic hydroxyl groups is 3. The van der Waals surface area contributed by atoms with Gasteiger partial charge in [0.1, 0.15) is 23.4 Å². The molecule has 1 rings (SSSR count). The van der Waals surface area contributed by atoms with Crippen LogP contribution in [0, 0.1) is 0 Å². The van der Waals surface area contributed by atoms with Gasteiger partial charge in [0, 0.05) is 18.7 Å². The van der Waals surface area contributed by atoms with Crippen molar-refractivity contribution in [1.82, 2.24) is 5.32 Å². The molecule has 6 N–H and O–H groups in total. The van der Waals surface area contributed by atoms with Crippen LogP contribution in [0.4, 0.5) is 0 Å². The zero-order valence-electron chi connectivity index (χ0n) is 8.75. The molecule has 2 atom stereocenters. The number of benzene rings is 1. The first-order chi connectivity index (χ1) is 7.47. The molecular formula is C10H15NO5. The lowest BCUT2D eigenvalue weighted by Crippen LogP contribution is -2.29. The number of phenols is 3. The Hall–Kier alpha value is -1.50. The van der Waals surface area contributed by atoms with E-state index in [1.54, 1.807) is 7.05 Å². The molecule has 0 bridgehead atoms. The minimum Gasteiger partial charge on any atom is -0.508 e.